The first-order valence-electron chi connectivity index (χ1n) is 12.5. The zero-order chi connectivity index (χ0) is 22.6. The molecule has 3 aromatic carbocycles. The molecule has 1 fully saturated rings. The summed E-state index contributed by atoms with van der Waals surface area (Å²) in [5.41, 5.74) is 3.90. The van der Waals surface area contributed by atoms with Gasteiger partial charge in [0, 0.05) is 50.3 Å². The van der Waals surface area contributed by atoms with Gasteiger partial charge in [0.15, 0.2) is 0 Å². The third-order valence-electron chi connectivity index (χ3n) is 6.32. The van der Waals surface area contributed by atoms with Gasteiger partial charge in [0.25, 0.3) is 0 Å². The first kappa shape index (κ1) is 23.7. The van der Waals surface area contributed by atoms with Gasteiger partial charge in [0.1, 0.15) is 0 Å². The Morgan fingerprint density at radius 1 is 0.636 bits per heavy atom. The van der Waals surface area contributed by atoms with Crippen LogP contribution in [0.2, 0.25) is 0 Å². The van der Waals surface area contributed by atoms with Gasteiger partial charge in [-0.3, -0.25) is 4.90 Å². The van der Waals surface area contributed by atoms with E-state index in [0.717, 1.165) is 65.4 Å². The molecule has 4 rings (SSSR count). The van der Waals surface area contributed by atoms with Crippen LogP contribution in [0, 0.1) is 0 Å². The number of anilines is 1. The summed E-state index contributed by atoms with van der Waals surface area (Å²) in [7, 11) is 0. The quantitative estimate of drug-likeness (QED) is 0.481. The number of rotatable bonds is 5. The van der Waals surface area contributed by atoms with Gasteiger partial charge in [0.2, 0.25) is 0 Å². The van der Waals surface area contributed by atoms with Crippen molar-refractivity contribution in [3.63, 3.8) is 0 Å². The van der Waals surface area contributed by atoms with E-state index in [1.807, 2.05) is 0 Å². The van der Waals surface area contributed by atoms with Gasteiger partial charge in [-0.15, -0.1) is 0 Å². The summed E-state index contributed by atoms with van der Waals surface area (Å²) in [4.78, 5) is 2.59. The first-order valence-corrected chi connectivity index (χ1v) is 12.5. The topological polar surface area (TPSA) is 51.4 Å². The van der Waals surface area contributed by atoms with Gasteiger partial charge >= 0.3 is 0 Å². The average Bonchev–Trinajstić information content (AvgIpc) is 2.86. The molecule has 0 aliphatic carbocycles. The molecular formula is C28H39N5. The van der Waals surface area contributed by atoms with Crippen molar-refractivity contribution in [3.05, 3.63) is 77.9 Å². The van der Waals surface area contributed by atoms with Crippen LogP contribution in [-0.4, -0.2) is 57.3 Å². The van der Waals surface area contributed by atoms with Crippen LogP contribution in [0.1, 0.15) is 24.0 Å². The summed E-state index contributed by atoms with van der Waals surface area (Å²) < 4.78 is 0. The summed E-state index contributed by atoms with van der Waals surface area (Å²) in [5, 5.41) is 16.8. The molecule has 0 unspecified atom stereocenters. The van der Waals surface area contributed by atoms with Crippen LogP contribution in [0.4, 0.5) is 5.69 Å². The molecule has 1 heterocycles. The third-order valence-corrected chi connectivity index (χ3v) is 6.32. The number of nitrogens with zero attached hydrogens (tertiary/aromatic N) is 1. The van der Waals surface area contributed by atoms with Crippen LogP contribution >= 0.6 is 0 Å². The normalized spacial score (nSPS) is 17.5. The second-order valence-corrected chi connectivity index (χ2v) is 8.93. The smallest absolute Gasteiger partial charge is 0.0422 e. The molecule has 4 N–H and O–H groups in total. The fourth-order valence-electron chi connectivity index (χ4n) is 4.42. The Morgan fingerprint density at radius 2 is 1.33 bits per heavy atom. The van der Waals surface area contributed by atoms with Gasteiger partial charge in [-0.2, -0.15) is 0 Å². The zero-order valence-electron chi connectivity index (χ0n) is 19.8. The molecule has 5 heteroatoms. The highest BCUT2D eigenvalue weighted by molar-refractivity contribution is 5.93. The fourth-order valence-corrected chi connectivity index (χ4v) is 4.42. The molecule has 3 aromatic rings. The summed E-state index contributed by atoms with van der Waals surface area (Å²) in [6, 6.07) is 24.1. The number of nitrogens with one attached hydrogen (secondary N) is 4. The summed E-state index contributed by atoms with van der Waals surface area (Å²) in [6.07, 6.45) is 2.38. The van der Waals surface area contributed by atoms with Crippen molar-refractivity contribution in [3.8, 4) is 0 Å². The number of hydrogen-bond donors (Lipinski definition) is 4. The molecular weight excluding hydrogens is 406 g/mol. The minimum absolute atomic E-state index is 0.836. The predicted octanol–water partition coefficient (Wildman–Crippen LogP) is 3.82. The van der Waals surface area contributed by atoms with Gasteiger partial charge in [0.05, 0.1) is 0 Å². The van der Waals surface area contributed by atoms with Crippen LogP contribution in [0.3, 0.4) is 0 Å². The molecule has 0 radical (unpaired) electrons. The van der Waals surface area contributed by atoms with E-state index in [-0.39, 0.29) is 0 Å². The molecule has 0 amide bonds. The Labute approximate surface area is 199 Å². The predicted molar refractivity (Wildman–Crippen MR) is 141 cm³/mol. The monoisotopic (exact) mass is 445 g/mol. The van der Waals surface area contributed by atoms with Crippen molar-refractivity contribution < 1.29 is 0 Å². The van der Waals surface area contributed by atoms with E-state index in [9.17, 15) is 0 Å². The lowest BCUT2D eigenvalue weighted by molar-refractivity contribution is 0.260. The van der Waals surface area contributed by atoms with E-state index in [1.165, 1.54) is 40.4 Å². The molecule has 33 heavy (non-hydrogen) atoms. The van der Waals surface area contributed by atoms with E-state index in [1.54, 1.807) is 0 Å². The second-order valence-electron chi connectivity index (χ2n) is 8.93. The maximum Gasteiger partial charge on any atom is 0.0422 e. The second kappa shape index (κ2) is 13.3. The molecule has 0 aromatic heterocycles. The molecule has 1 aliphatic rings. The largest absolute Gasteiger partial charge is 0.380 e. The van der Waals surface area contributed by atoms with Crippen LogP contribution in [0.15, 0.2) is 66.7 Å². The number of fused-ring (bicyclic) bond motifs is 1. The summed E-state index contributed by atoms with van der Waals surface area (Å²) in [5.74, 6) is 0. The SMILES string of the molecule is c1ccc2c(NCc3ccc(CN4CCCNCCNCCCNCC4)cc3)cccc2c1. The minimum atomic E-state index is 0.836. The Bertz CT molecular complexity index is 937. The highest BCUT2D eigenvalue weighted by Gasteiger charge is 2.07. The molecule has 1 aliphatic heterocycles. The minimum Gasteiger partial charge on any atom is -0.380 e. The lowest BCUT2D eigenvalue weighted by atomic mass is 10.1. The number of benzene rings is 3. The van der Waals surface area contributed by atoms with Gasteiger partial charge in [-0.25, -0.2) is 0 Å². The first-order chi connectivity index (χ1) is 16.4. The Morgan fingerprint density at radius 3 is 2.18 bits per heavy atom. The lowest BCUT2D eigenvalue weighted by Gasteiger charge is -2.23. The van der Waals surface area contributed by atoms with E-state index in [4.69, 9.17) is 0 Å². The Balaban J connectivity index is 1.29. The van der Waals surface area contributed by atoms with E-state index < -0.39 is 0 Å². The van der Waals surface area contributed by atoms with Crippen molar-refractivity contribution in [2.24, 2.45) is 0 Å². The molecule has 176 valence electrons. The van der Waals surface area contributed by atoms with Crippen LogP contribution in [0.5, 0.6) is 0 Å². The summed E-state index contributed by atoms with van der Waals surface area (Å²) in [6.45, 7) is 10.5. The standard InChI is InChI=1S/C28H39N5/c1-2-8-27-26(6-1)7-3-9-28(27)32-22-24-10-12-25(13-11-24)23-33-20-5-16-30-18-17-29-14-4-15-31-19-21-33/h1-3,6-13,29-32H,4-5,14-23H2. The Kier molecular flexibility index (Phi) is 9.56. The van der Waals surface area contributed by atoms with Gasteiger partial charge in [-0.1, -0.05) is 60.7 Å². The molecule has 0 bridgehead atoms. The van der Waals surface area contributed by atoms with Crippen molar-refractivity contribution in [1.29, 1.82) is 0 Å². The van der Waals surface area contributed by atoms with Crippen molar-refractivity contribution in [2.75, 3.05) is 57.7 Å². The third kappa shape index (κ3) is 7.83. The fraction of sp³-hybridized carbons (Fsp3) is 0.429. The Hall–Kier alpha value is -2.44. The summed E-state index contributed by atoms with van der Waals surface area (Å²) >= 11 is 0. The van der Waals surface area contributed by atoms with Crippen LogP contribution in [0.25, 0.3) is 10.8 Å². The van der Waals surface area contributed by atoms with Crippen molar-refractivity contribution in [1.82, 2.24) is 20.9 Å². The number of hydrogen-bond acceptors (Lipinski definition) is 5. The van der Waals surface area contributed by atoms with Crippen molar-refractivity contribution in [2.45, 2.75) is 25.9 Å². The molecule has 0 saturated carbocycles. The highest BCUT2D eigenvalue weighted by atomic mass is 15.1. The van der Waals surface area contributed by atoms with E-state index in [0.29, 0.717) is 0 Å². The molecule has 1 saturated heterocycles. The van der Waals surface area contributed by atoms with Crippen LogP contribution < -0.4 is 21.3 Å². The maximum absolute atomic E-state index is 3.62. The van der Waals surface area contributed by atoms with E-state index >= 15 is 0 Å². The van der Waals surface area contributed by atoms with Gasteiger partial charge < -0.3 is 21.3 Å². The highest BCUT2D eigenvalue weighted by Crippen LogP contribution is 2.23. The zero-order valence-corrected chi connectivity index (χ0v) is 19.8. The lowest BCUT2D eigenvalue weighted by Crippen LogP contribution is -2.36. The maximum atomic E-state index is 3.62. The van der Waals surface area contributed by atoms with Crippen LogP contribution in [-0.2, 0) is 13.1 Å². The van der Waals surface area contributed by atoms with E-state index in [2.05, 4.69) is 92.9 Å². The van der Waals surface area contributed by atoms with Crippen molar-refractivity contribution >= 4 is 16.5 Å². The van der Waals surface area contributed by atoms with Gasteiger partial charge in [-0.05, 0) is 61.6 Å². The molecule has 0 atom stereocenters. The molecule has 5 nitrogen and oxygen atoms in total. The molecule has 0 spiro atoms. The average molecular weight is 446 g/mol.